The predicted molar refractivity (Wildman–Crippen MR) is 96.6 cm³/mol. The van der Waals surface area contributed by atoms with Gasteiger partial charge in [-0.15, -0.1) is 0 Å². The van der Waals surface area contributed by atoms with Gasteiger partial charge in [0.1, 0.15) is 0 Å². The van der Waals surface area contributed by atoms with E-state index in [1.165, 1.54) is 25.7 Å². The van der Waals surface area contributed by atoms with E-state index in [0.717, 1.165) is 45.8 Å². The number of hydrogen-bond donors (Lipinski definition) is 1. The summed E-state index contributed by atoms with van der Waals surface area (Å²) in [7, 11) is 0. The molecule has 0 aliphatic rings. The van der Waals surface area contributed by atoms with Crippen LogP contribution in [0.4, 0.5) is 0 Å². The standard InChI is InChI=1S/C19H41NO2/c1-18(2,3)17-22-16-12-8-11-15-21-14-10-7-9-13-20-19(4,5)6/h20H,7-17H2,1-6H3. The van der Waals surface area contributed by atoms with Gasteiger partial charge in [-0.3, -0.25) is 0 Å². The van der Waals surface area contributed by atoms with Crippen molar-refractivity contribution in [3.8, 4) is 0 Å². The summed E-state index contributed by atoms with van der Waals surface area (Å²) >= 11 is 0. The Morgan fingerprint density at radius 2 is 1.14 bits per heavy atom. The van der Waals surface area contributed by atoms with Crippen molar-refractivity contribution < 1.29 is 9.47 Å². The highest BCUT2D eigenvalue weighted by Crippen LogP contribution is 2.13. The molecular weight excluding hydrogens is 274 g/mol. The Kier molecular flexibility index (Phi) is 12.3. The van der Waals surface area contributed by atoms with Crippen LogP contribution in [0.25, 0.3) is 0 Å². The van der Waals surface area contributed by atoms with Gasteiger partial charge in [0.05, 0.1) is 6.61 Å². The Balaban J connectivity index is 3.09. The van der Waals surface area contributed by atoms with Gasteiger partial charge in [0.15, 0.2) is 0 Å². The molecule has 0 aromatic carbocycles. The molecule has 0 amide bonds. The average Bonchev–Trinajstić information content (AvgIpc) is 2.36. The van der Waals surface area contributed by atoms with Gasteiger partial charge in [0, 0.05) is 25.4 Å². The van der Waals surface area contributed by atoms with Crippen LogP contribution < -0.4 is 5.32 Å². The van der Waals surface area contributed by atoms with Crippen molar-refractivity contribution in [1.82, 2.24) is 5.32 Å². The highest BCUT2D eigenvalue weighted by Gasteiger charge is 2.09. The number of rotatable bonds is 13. The first-order chi connectivity index (χ1) is 10.2. The molecule has 0 bridgehead atoms. The largest absolute Gasteiger partial charge is 0.381 e. The van der Waals surface area contributed by atoms with Gasteiger partial charge < -0.3 is 14.8 Å². The molecule has 0 aromatic rings. The lowest BCUT2D eigenvalue weighted by atomic mass is 9.99. The molecule has 0 saturated carbocycles. The Morgan fingerprint density at radius 3 is 1.64 bits per heavy atom. The van der Waals surface area contributed by atoms with E-state index in [1.807, 2.05) is 0 Å². The van der Waals surface area contributed by atoms with Crippen molar-refractivity contribution in [2.24, 2.45) is 5.41 Å². The van der Waals surface area contributed by atoms with E-state index in [2.05, 4.69) is 46.9 Å². The molecule has 0 rings (SSSR count). The minimum Gasteiger partial charge on any atom is -0.381 e. The maximum Gasteiger partial charge on any atom is 0.0514 e. The second-order valence-corrected chi connectivity index (χ2v) is 8.52. The second-order valence-electron chi connectivity index (χ2n) is 8.52. The first kappa shape index (κ1) is 21.9. The molecule has 0 aliphatic carbocycles. The Bertz CT molecular complexity index is 215. The normalized spacial score (nSPS) is 12.8. The summed E-state index contributed by atoms with van der Waals surface area (Å²) in [5, 5.41) is 3.51. The SMILES string of the molecule is CC(C)(C)COCCCCCOCCCCCNC(C)(C)C. The molecule has 0 atom stereocenters. The molecule has 1 N–H and O–H groups in total. The number of unbranched alkanes of at least 4 members (excludes halogenated alkanes) is 4. The lowest BCUT2D eigenvalue weighted by molar-refractivity contribution is 0.0663. The zero-order valence-corrected chi connectivity index (χ0v) is 16.1. The lowest BCUT2D eigenvalue weighted by Crippen LogP contribution is -2.36. The monoisotopic (exact) mass is 315 g/mol. The van der Waals surface area contributed by atoms with Crippen LogP contribution in [0.1, 0.15) is 80.1 Å². The van der Waals surface area contributed by atoms with Gasteiger partial charge in [-0.05, 0) is 71.3 Å². The maximum absolute atomic E-state index is 5.68. The minimum absolute atomic E-state index is 0.243. The van der Waals surface area contributed by atoms with E-state index >= 15 is 0 Å². The van der Waals surface area contributed by atoms with E-state index in [9.17, 15) is 0 Å². The molecule has 0 saturated heterocycles. The topological polar surface area (TPSA) is 30.5 Å². The summed E-state index contributed by atoms with van der Waals surface area (Å²) in [6, 6.07) is 0. The van der Waals surface area contributed by atoms with Crippen LogP contribution in [0.2, 0.25) is 0 Å². The highest BCUT2D eigenvalue weighted by molar-refractivity contribution is 4.69. The van der Waals surface area contributed by atoms with Gasteiger partial charge in [-0.1, -0.05) is 20.8 Å². The zero-order chi connectivity index (χ0) is 16.9. The molecule has 0 unspecified atom stereocenters. The summed E-state index contributed by atoms with van der Waals surface area (Å²) in [5.74, 6) is 0. The molecule has 0 aliphatic heterocycles. The summed E-state index contributed by atoms with van der Waals surface area (Å²) in [6.45, 7) is 17.9. The molecule has 3 heteroatoms. The molecule has 0 aromatic heterocycles. The third-order valence-electron chi connectivity index (χ3n) is 3.23. The third-order valence-corrected chi connectivity index (χ3v) is 3.23. The van der Waals surface area contributed by atoms with E-state index in [1.54, 1.807) is 0 Å². The van der Waals surface area contributed by atoms with Crippen LogP contribution in [0.15, 0.2) is 0 Å². The Labute approximate surface area is 139 Å². The molecule has 0 heterocycles. The van der Waals surface area contributed by atoms with Crippen molar-refractivity contribution in [1.29, 1.82) is 0 Å². The van der Waals surface area contributed by atoms with Gasteiger partial charge in [-0.25, -0.2) is 0 Å². The first-order valence-corrected chi connectivity index (χ1v) is 9.11. The average molecular weight is 316 g/mol. The summed E-state index contributed by atoms with van der Waals surface area (Å²) < 4.78 is 11.3. The fourth-order valence-corrected chi connectivity index (χ4v) is 2.03. The fourth-order valence-electron chi connectivity index (χ4n) is 2.03. The van der Waals surface area contributed by atoms with Crippen LogP contribution in [0.3, 0.4) is 0 Å². The number of ether oxygens (including phenoxy) is 2. The van der Waals surface area contributed by atoms with E-state index < -0.39 is 0 Å². The molecule has 134 valence electrons. The van der Waals surface area contributed by atoms with Crippen molar-refractivity contribution in [3.63, 3.8) is 0 Å². The van der Waals surface area contributed by atoms with Gasteiger partial charge >= 0.3 is 0 Å². The van der Waals surface area contributed by atoms with Crippen LogP contribution in [0, 0.1) is 5.41 Å². The van der Waals surface area contributed by atoms with E-state index in [-0.39, 0.29) is 11.0 Å². The van der Waals surface area contributed by atoms with Gasteiger partial charge in [-0.2, -0.15) is 0 Å². The van der Waals surface area contributed by atoms with Crippen LogP contribution in [0.5, 0.6) is 0 Å². The quantitative estimate of drug-likeness (QED) is 0.495. The smallest absolute Gasteiger partial charge is 0.0514 e. The molecular formula is C19H41NO2. The fraction of sp³-hybridized carbons (Fsp3) is 1.00. The van der Waals surface area contributed by atoms with E-state index in [0.29, 0.717) is 0 Å². The van der Waals surface area contributed by atoms with Crippen LogP contribution in [-0.4, -0.2) is 38.5 Å². The third kappa shape index (κ3) is 19.9. The van der Waals surface area contributed by atoms with Crippen molar-refractivity contribution in [2.75, 3.05) is 33.0 Å². The second kappa shape index (κ2) is 12.3. The van der Waals surface area contributed by atoms with Crippen molar-refractivity contribution in [3.05, 3.63) is 0 Å². The zero-order valence-electron chi connectivity index (χ0n) is 16.1. The van der Waals surface area contributed by atoms with Crippen LogP contribution in [-0.2, 0) is 9.47 Å². The van der Waals surface area contributed by atoms with Crippen LogP contribution >= 0.6 is 0 Å². The molecule has 0 fully saturated rings. The molecule has 0 spiro atoms. The predicted octanol–water partition coefficient (Wildman–Crippen LogP) is 4.79. The molecule has 3 nitrogen and oxygen atoms in total. The number of nitrogens with one attached hydrogen (secondary N) is 1. The first-order valence-electron chi connectivity index (χ1n) is 9.11. The van der Waals surface area contributed by atoms with Gasteiger partial charge in [0.2, 0.25) is 0 Å². The lowest BCUT2D eigenvalue weighted by Gasteiger charge is -2.20. The Morgan fingerprint density at radius 1 is 0.636 bits per heavy atom. The summed E-state index contributed by atoms with van der Waals surface area (Å²) in [5.41, 5.74) is 0.526. The molecule has 22 heavy (non-hydrogen) atoms. The number of hydrogen-bond acceptors (Lipinski definition) is 3. The summed E-state index contributed by atoms with van der Waals surface area (Å²) in [6.07, 6.45) is 7.19. The summed E-state index contributed by atoms with van der Waals surface area (Å²) in [4.78, 5) is 0. The van der Waals surface area contributed by atoms with Crippen molar-refractivity contribution >= 4 is 0 Å². The minimum atomic E-state index is 0.243. The van der Waals surface area contributed by atoms with Gasteiger partial charge in [0.25, 0.3) is 0 Å². The maximum atomic E-state index is 5.68. The van der Waals surface area contributed by atoms with E-state index in [4.69, 9.17) is 9.47 Å². The Hall–Kier alpha value is -0.120. The molecule has 0 radical (unpaired) electrons. The highest BCUT2D eigenvalue weighted by atomic mass is 16.5. The van der Waals surface area contributed by atoms with Crippen molar-refractivity contribution in [2.45, 2.75) is 85.6 Å².